The average molecular weight is 247 g/mol. The number of carboxylic acid groups (broad SMARTS) is 1. The maximum Gasteiger partial charge on any atom is 0.304 e. The number of nitrogens with zero attached hydrogens (tertiary/aromatic N) is 3. The minimum absolute atomic E-state index is 0.0582. The van der Waals surface area contributed by atoms with Gasteiger partial charge in [0.05, 0.1) is 12.6 Å². The molecule has 0 unspecified atom stereocenters. The molecule has 0 fully saturated rings. The first-order valence-corrected chi connectivity index (χ1v) is 5.95. The Bertz CT molecular complexity index is 479. The fraction of sp³-hybridized carbons (Fsp3) is 0.500. The number of rotatable bonds is 5. The molecule has 1 aromatic heterocycles. The van der Waals surface area contributed by atoms with Gasteiger partial charge in [-0.1, -0.05) is 0 Å². The van der Waals surface area contributed by atoms with E-state index >= 15 is 0 Å². The maximum atomic E-state index is 11.8. The third-order valence-electron chi connectivity index (χ3n) is 2.03. The summed E-state index contributed by atoms with van der Waals surface area (Å²) >= 11 is 0. The van der Waals surface area contributed by atoms with Crippen LogP contribution in [0.1, 0.15) is 6.42 Å². The highest BCUT2D eigenvalue weighted by Gasteiger charge is 2.22. The lowest BCUT2D eigenvalue weighted by atomic mass is 10.4. The summed E-state index contributed by atoms with van der Waals surface area (Å²) in [5, 5.41) is 12.2. The molecule has 0 aliphatic carbocycles. The predicted molar refractivity (Wildman–Crippen MR) is 55.3 cm³/mol. The van der Waals surface area contributed by atoms with Crippen molar-refractivity contribution in [1.82, 2.24) is 14.1 Å². The Kier molecular flexibility index (Phi) is 3.66. The Hall–Kier alpha value is -1.41. The molecule has 0 atom stereocenters. The van der Waals surface area contributed by atoms with Gasteiger partial charge in [0.15, 0.2) is 0 Å². The van der Waals surface area contributed by atoms with E-state index < -0.39 is 16.0 Å². The molecule has 0 aliphatic rings. The Morgan fingerprint density at radius 3 is 2.69 bits per heavy atom. The number of aromatic nitrogens is 2. The molecule has 0 radical (unpaired) electrons. The fourth-order valence-electron chi connectivity index (χ4n) is 1.09. The van der Waals surface area contributed by atoms with Gasteiger partial charge in [0.1, 0.15) is 4.90 Å². The molecule has 90 valence electrons. The van der Waals surface area contributed by atoms with Crippen LogP contribution in [-0.4, -0.2) is 47.2 Å². The molecular weight excluding hydrogens is 234 g/mol. The zero-order valence-electron chi connectivity index (χ0n) is 8.99. The number of aliphatic carboxylic acids is 1. The fourth-order valence-corrected chi connectivity index (χ4v) is 2.24. The molecule has 0 aromatic carbocycles. The SMILES string of the molecule is CN(CCC(=O)O)S(=O)(=O)c1cnn(C)c1. The topological polar surface area (TPSA) is 92.5 Å². The number of sulfonamides is 1. The number of hydrogen-bond donors (Lipinski definition) is 1. The highest BCUT2D eigenvalue weighted by atomic mass is 32.2. The minimum Gasteiger partial charge on any atom is -0.481 e. The van der Waals surface area contributed by atoms with Crippen LogP contribution < -0.4 is 0 Å². The van der Waals surface area contributed by atoms with Crippen LogP contribution in [0.15, 0.2) is 17.3 Å². The Morgan fingerprint density at radius 2 is 2.25 bits per heavy atom. The molecular formula is C8H13N3O4S. The molecule has 0 aliphatic heterocycles. The first-order chi connectivity index (χ1) is 7.34. The van der Waals surface area contributed by atoms with Gasteiger partial charge in [-0.05, 0) is 0 Å². The second-order valence-corrected chi connectivity index (χ2v) is 5.36. The summed E-state index contributed by atoms with van der Waals surface area (Å²) in [6.45, 7) is -0.0629. The normalized spacial score (nSPS) is 11.9. The molecule has 16 heavy (non-hydrogen) atoms. The number of aryl methyl sites for hydroxylation is 1. The third-order valence-corrected chi connectivity index (χ3v) is 3.84. The molecule has 1 rings (SSSR count). The van der Waals surface area contributed by atoms with Gasteiger partial charge in [-0.2, -0.15) is 5.10 Å². The molecule has 0 spiro atoms. The van der Waals surface area contributed by atoms with Crippen LogP contribution in [0.2, 0.25) is 0 Å². The maximum absolute atomic E-state index is 11.8. The second kappa shape index (κ2) is 4.62. The van der Waals surface area contributed by atoms with Crippen LogP contribution in [0.3, 0.4) is 0 Å². The van der Waals surface area contributed by atoms with Crippen molar-refractivity contribution < 1.29 is 18.3 Å². The number of carbonyl (C=O) groups is 1. The highest BCUT2D eigenvalue weighted by Crippen LogP contribution is 2.12. The van der Waals surface area contributed by atoms with Crippen LogP contribution in [0.25, 0.3) is 0 Å². The molecule has 1 N–H and O–H groups in total. The zero-order chi connectivity index (χ0) is 12.3. The molecule has 1 aromatic rings. The Balaban J connectivity index is 2.82. The highest BCUT2D eigenvalue weighted by molar-refractivity contribution is 7.89. The zero-order valence-corrected chi connectivity index (χ0v) is 9.81. The monoisotopic (exact) mass is 247 g/mol. The van der Waals surface area contributed by atoms with Crippen molar-refractivity contribution in [3.05, 3.63) is 12.4 Å². The lowest BCUT2D eigenvalue weighted by molar-refractivity contribution is -0.137. The summed E-state index contributed by atoms with van der Waals surface area (Å²) < 4.78 is 26.0. The molecule has 0 saturated heterocycles. The second-order valence-electron chi connectivity index (χ2n) is 3.32. The van der Waals surface area contributed by atoms with E-state index in [0.29, 0.717) is 0 Å². The smallest absolute Gasteiger partial charge is 0.304 e. The minimum atomic E-state index is -3.63. The van der Waals surface area contributed by atoms with Gasteiger partial charge in [-0.25, -0.2) is 12.7 Å². The number of hydrogen-bond acceptors (Lipinski definition) is 4. The largest absolute Gasteiger partial charge is 0.481 e. The van der Waals surface area contributed by atoms with Gasteiger partial charge in [0.2, 0.25) is 10.0 Å². The molecule has 1 heterocycles. The van der Waals surface area contributed by atoms with E-state index in [1.54, 1.807) is 7.05 Å². The summed E-state index contributed by atoms with van der Waals surface area (Å²) in [7, 11) is -0.681. The van der Waals surface area contributed by atoms with E-state index in [1.807, 2.05) is 0 Å². The molecule has 0 bridgehead atoms. The van der Waals surface area contributed by atoms with Gasteiger partial charge < -0.3 is 5.11 Å². The van der Waals surface area contributed by atoms with Gasteiger partial charge in [-0.15, -0.1) is 0 Å². The molecule has 0 amide bonds. The van der Waals surface area contributed by atoms with E-state index in [4.69, 9.17) is 5.11 Å². The summed E-state index contributed by atoms with van der Waals surface area (Å²) in [6, 6.07) is 0. The van der Waals surface area contributed by atoms with Crippen molar-refractivity contribution in [2.24, 2.45) is 7.05 Å². The Morgan fingerprint density at radius 1 is 1.62 bits per heavy atom. The quantitative estimate of drug-likeness (QED) is 0.758. The van der Waals surface area contributed by atoms with E-state index in [-0.39, 0.29) is 17.9 Å². The van der Waals surface area contributed by atoms with Crippen molar-refractivity contribution in [2.45, 2.75) is 11.3 Å². The molecule has 0 saturated carbocycles. The third kappa shape index (κ3) is 2.80. The lowest BCUT2D eigenvalue weighted by Crippen LogP contribution is -2.29. The van der Waals surface area contributed by atoms with Gasteiger partial charge in [0, 0.05) is 26.8 Å². The van der Waals surface area contributed by atoms with E-state index in [2.05, 4.69) is 5.10 Å². The van der Waals surface area contributed by atoms with Gasteiger partial charge in [0.25, 0.3) is 0 Å². The van der Waals surface area contributed by atoms with E-state index in [9.17, 15) is 13.2 Å². The summed E-state index contributed by atoms with van der Waals surface area (Å²) in [4.78, 5) is 10.4. The van der Waals surface area contributed by atoms with Crippen molar-refractivity contribution in [1.29, 1.82) is 0 Å². The first-order valence-electron chi connectivity index (χ1n) is 4.51. The number of carboxylic acids is 1. The van der Waals surface area contributed by atoms with Crippen molar-refractivity contribution in [3.63, 3.8) is 0 Å². The van der Waals surface area contributed by atoms with Crippen LogP contribution in [-0.2, 0) is 21.9 Å². The van der Waals surface area contributed by atoms with E-state index in [1.165, 1.54) is 24.1 Å². The molecule has 8 heteroatoms. The van der Waals surface area contributed by atoms with Crippen molar-refractivity contribution >= 4 is 16.0 Å². The summed E-state index contributed by atoms with van der Waals surface area (Å²) in [6.07, 6.45) is 2.37. The first kappa shape index (κ1) is 12.7. The van der Waals surface area contributed by atoms with Crippen LogP contribution in [0.5, 0.6) is 0 Å². The standard InChI is InChI=1S/C8H13N3O4S/c1-10-6-7(5-9-10)16(14,15)11(2)4-3-8(12)13/h5-6H,3-4H2,1-2H3,(H,12,13). The Labute approximate surface area is 93.3 Å². The summed E-state index contributed by atoms with van der Waals surface area (Å²) in [5.74, 6) is -1.03. The van der Waals surface area contributed by atoms with Crippen LogP contribution >= 0.6 is 0 Å². The van der Waals surface area contributed by atoms with Gasteiger partial charge >= 0.3 is 5.97 Å². The summed E-state index contributed by atoms with van der Waals surface area (Å²) in [5.41, 5.74) is 0. The average Bonchev–Trinajstić information content (AvgIpc) is 2.61. The van der Waals surface area contributed by atoms with E-state index in [0.717, 1.165) is 4.31 Å². The van der Waals surface area contributed by atoms with Crippen molar-refractivity contribution in [3.8, 4) is 0 Å². The van der Waals surface area contributed by atoms with Crippen LogP contribution in [0, 0.1) is 0 Å². The molecule has 7 nitrogen and oxygen atoms in total. The predicted octanol–water partition coefficient (Wildman–Crippen LogP) is -0.485. The van der Waals surface area contributed by atoms with Crippen molar-refractivity contribution in [2.75, 3.05) is 13.6 Å². The lowest BCUT2D eigenvalue weighted by Gasteiger charge is -2.14. The van der Waals surface area contributed by atoms with Gasteiger partial charge in [-0.3, -0.25) is 9.48 Å². The van der Waals surface area contributed by atoms with Crippen LogP contribution in [0.4, 0.5) is 0 Å².